The average Bonchev–Trinajstić information content (AvgIpc) is 2.59. The number of carbonyl (C=O) groups is 1. The zero-order valence-corrected chi connectivity index (χ0v) is 14.4. The maximum atomic E-state index is 12.3. The quantitative estimate of drug-likeness (QED) is 0.891. The Labute approximate surface area is 150 Å². The van der Waals surface area contributed by atoms with Gasteiger partial charge in [-0.05, 0) is 37.8 Å². The van der Waals surface area contributed by atoms with E-state index in [0.717, 1.165) is 25.7 Å². The van der Waals surface area contributed by atoms with E-state index >= 15 is 0 Å². The zero-order chi connectivity index (χ0) is 16.9. The van der Waals surface area contributed by atoms with E-state index in [9.17, 15) is 4.79 Å². The number of halogens is 2. The molecule has 1 saturated carbocycles. The summed E-state index contributed by atoms with van der Waals surface area (Å²) in [7, 11) is 0. The number of hydrogen-bond donors (Lipinski definition) is 1. The number of hydrogen-bond acceptors (Lipinski definition) is 4. The molecule has 1 heterocycles. The summed E-state index contributed by atoms with van der Waals surface area (Å²) in [5.41, 5.74) is 0.507. The van der Waals surface area contributed by atoms with Crippen LogP contribution in [0.5, 0.6) is 6.01 Å². The highest BCUT2D eigenvalue weighted by atomic mass is 35.5. The van der Waals surface area contributed by atoms with Crippen molar-refractivity contribution in [2.24, 2.45) is 0 Å². The highest BCUT2D eigenvalue weighted by Crippen LogP contribution is 2.23. The van der Waals surface area contributed by atoms with Crippen LogP contribution in [-0.2, 0) is 0 Å². The molecule has 1 aromatic heterocycles. The van der Waals surface area contributed by atoms with Crippen LogP contribution < -0.4 is 10.1 Å². The molecule has 0 saturated heterocycles. The van der Waals surface area contributed by atoms with E-state index in [-0.39, 0.29) is 18.1 Å². The van der Waals surface area contributed by atoms with Gasteiger partial charge in [-0.3, -0.25) is 4.79 Å². The monoisotopic (exact) mass is 365 g/mol. The van der Waals surface area contributed by atoms with Crippen LogP contribution in [0.25, 0.3) is 0 Å². The minimum Gasteiger partial charge on any atom is -0.460 e. The van der Waals surface area contributed by atoms with Crippen molar-refractivity contribution in [2.45, 2.75) is 37.8 Å². The second kappa shape index (κ2) is 7.81. The van der Waals surface area contributed by atoms with Gasteiger partial charge in [-0.25, -0.2) is 9.97 Å². The van der Waals surface area contributed by atoms with Crippen molar-refractivity contribution >= 4 is 29.1 Å². The third-order valence-corrected chi connectivity index (χ3v) is 4.52. The molecule has 1 aliphatic rings. The highest BCUT2D eigenvalue weighted by molar-refractivity contribution is 6.33. The molecule has 1 N–H and O–H groups in total. The fourth-order valence-corrected chi connectivity index (χ4v) is 3.06. The molecule has 7 heteroatoms. The van der Waals surface area contributed by atoms with Gasteiger partial charge in [-0.2, -0.15) is 0 Å². The first-order valence-corrected chi connectivity index (χ1v) is 8.57. The van der Waals surface area contributed by atoms with Crippen LogP contribution in [0, 0.1) is 0 Å². The lowest BCUT2D eigenvalue weighted by Crippen LogP contribution is -2.39. The van der Waals surface area contributed by atoms with Crippen LogP contribution in [0.4, 0.5) is 0 Å². The second-order valence-electron chi connectivity index (χ2n) is 5.73. The van der Waals surface area contributed by atoms with E-state index in [1.807, 2.05) is 0 Å². The normalized spacial score (nSPS) is 20.4. The molecule has 2 aromatic rings. The first kappa shape index (κ1) is 17.0. The number of benzene rings is 1. The second-order valence-corrected chi connectivity index (χ2v) is 6.57. The summed E-state index contributed by atoms with van der Waals surface area (Å²) in [6.45, 7) is 0. The molecule has 0 radical (unpaired) electrons. The molecule has 126 valence electrons. The van der Waals surface area contributed by atoms with Crippen molar-refractivity contribution < 1.29 is 9.53 Å². The minimum atomic E-state index is -0.133. The van der Waals surface area contributed by atoms with E-state index in [1.165, 1.54) is 12.4 Å². The van der Waals surface area contributed by atoms with Gasteiger partial charge in [-0.1, -0.05) is 35.3 Å². The van der Waals surface area contributed by atoms with Crippen molar-refractivity contribution in [3.05, 3.63) is 52.3 Å². The van der Waals surface area contributed by atoms with E-state index in [4.69, 9.17) is 27.9 Å². The Hall–Kier alpha value is -1.85. The Bertz CT molecular complexity index is 701. The highest BCUT2D eigenvalue weighted by Gasteiger charge is 2.25. The molecular formula is C17H17Cl2N3O2. The first-order valence-electron chi connectivity index (χ1n) is 7.81. The van der Waals surface area contributed by atoms with Crippen LogP contribution >= 0.6 is 23.2 Å². The Balaban J connectivity index is 1.49. The zero-order valence-electron chi connectivity index (χ0n) is 12.9. The third-order valence-electron chi connectivity index (χ3n) is 4.00. The largest absolute Gasteiger partial charge is 0.460 e. The molecule has 1 fully saturated rings. The summed E-state index contributed by atoms with van der Waals surface area (Å²) in [5, 5.41) is 3.98. The number of rotatable bonds is 4. The fraction of sp³-hybridized carbons (Fsp3) is 0.353. The molecule has 0 aliphatic heterocycles. The molecule has 1 aromatic carbocycles. The lowest BCUT2D eigenvalue weighted by molar-refractivity contribution is 0.0885. The molecule has 1 aliphatic carbocycles. The summed E-state index contributed by atoms with van der Waals surface area (Å²) in [6.07, 6.45) is 6.43. The molecule has 0 atom stereocenters. The topological polar surface area (TPSA) is 64.1 Å². The van der Waals surface area contributed by atoms with Gasteiger partial charge in [0.25, 0.3) is 5.91 Å². The standard InChI is InChI=1S/C17H17Cl2N3O2/c18-11-9-20-17(21-10-11)24-13-7-5-12(6-8-13)22-16(23)14-3-1-2-4-15(14)19/h1-4,9-10,12-13H,5-8H2,(H,22,23). The number of nitrogens with one attached hydrogen (secondary N) is 1. The van der Waals surface area contributed by atoms with Crippen LogP contribution in [0.3, 0.4) is 0 Å². The number of nitrogens with zero attached hydrogens (tertiary/aromatic N) is 2. The average molecular weight is 366 g/mol. The van der Waals surface area contributed by atoms with Crippen molar-refractivity contribution in [3.63, 3.8) is 0 Å². The fourth-order valence-electron chi connectivity index (χ4n) is 2.74. The number of amides is 1. The maximum absolute atomic E-state index is 12.3. The van der Waals surface area contributed by atoms with Gasteiger partial charge in [-0.15, -0.1) is 0 Å². The Kier molecular flexibility index (Phi) is 5.53. The summed E-state index contributed by atoms with van der Waals surface area (Å²) >= 11 is 11.8. The smallest absolute Gasteiger partial charge is 0.316 e. The van der Waals surface area contributed by atoms with Crippen LogP contribution in [0.1, 0.15) is 36.0 Å². The molecule has 0 spiro atoms. The van der Waals surface area contributed by atoms with Gasteiger partial charge in [0.05, 0.1) is 28.0 Å². The molecule has 3 rings (SSSR count). The van der Waals surface area contributed by atoms with Gasteiger partial charge < -0.3 is 10.1 Å². The Morgan fingerprint density at radius 1 is 1.08 bits per heavy atom. The molecular weight excluding hydrogens is 349 g/mol. The lowest BCUT2D eigenvalue weighted by atomic mass is 9.92. The summed E-state index contributed by atoms with van der Waals surface area (Å²) in [5.74, 6) is -0.133. The van der Waals surface area contributed by atoms with Crippen molar-refractivity contribution in [3.8, 4) is 6.01 Å². The summed E-state index contributed by atoms with van der Waals surface area (Å²) in [4.78, 5) is 20.4. The number of aromatic nitrogens is 2. The first-order chi connectivity index (χ1) is 11.6. The van der Waals surface area contributed by atoms with E-state index < -0.39 is 0 Å². The molecule has 24 heavy (non-hydrogen) atoms. The molecule has 0 bridgehead atoms. The maximum Gasteiger partial charge on any atom is 0.316 e. The number of carbonyl (C=O) groups excluding carboxylic acids is 1. The summed E-state index contributed by atoms with van der Waals surface area (Å²) in [6, 6.07) is 7.51. The minimum absolute atomic E-state index is 0.0552. The third kappa shape index (κ3) is 4.36. The predicted octanol–water partition coefficient (Wildman–Crippen LogP) is 3.90. The molecule has 1 amide bonds. The van der Waals surface area contributed by atoms with Gasteiger partial charge >= 0.3 is 6.01 Å². The SMILES string of the molecule is O=C(NC1CCC(Oc2ncc(Cl)cn2)CC1)c1ccccc1Cl. The number of ether oxygens (including phenoxy) is 1. The van der Waals surface area contributed by atoms with Gasteiger partial charge in [0.15, 0.2) is 0 Å². The van der Waals surface area contributed by atoms with Gasteiger partial charge in [0.1, 0.15) is 6.10 Å². The van der Waals surface area contributed by atoms with Gasteiger partial charge in [0.2, 0.25) is 0 Å². The van der Waals surface area contributed by atoms with Gasteiger partial charge in [0, 0.05) is 6.04 Å². The van der Waals surface area contributed by atoms with Crippen molar-refractivity contribution in [2.75, 3.05) is 0 Å². The Morgan fingerprint density at radius 2 is 1.75 bits per heavy atom. The van der Waals surface area contributed by atoms with Crippen LogP contribution in [0.2, 0.25) is 10.0 Å². The van der Waals surface area contributed by atoms with E-state index in [2.05, 4.69) is 15.3 Å². The van der Waals surface area contributed by atoms with E-state index in [1.54, 1.807) is 24.3 Å². The lowest BCUT2D eigenvalue weighted by Gasteiger charge is -2.28. The molecule has 5 nitrogen and oxygen atoms in total. The molecule has 0 unspecified atom stereocenters. The van der Waals surface area contributed by atoms with Crippen molar-refractivity contribution in [1.29, 1.82) is 0 Å². The van der Waals surface area contributed by atoms with E-state index in [0.29, 0.717) is 21.6 Å². The predicted molar refractivity (Wildman–Crippen MR) is 92.6 cm³/mol. The summed E-state index contributed by atoms with van der Waals surface area (Å²) < 4.78 is 5.75. The van der Waals surface area contributed by atoms with Crippen molar-refractivity contribution in [1.82, 2.24) is 15.3 Å². The van der Waals surface area contributed by atoms with Crippen LogP contribution in [0.15, 0.2) is 36.7 Å². The van der Waals surface area contributed by atoms with Crippen LogP contribution in [-0.4, -0.2) is 28.0 Å². The Morgan fingerprint density at radius 3 is 2.42 bits per heavy atom.